The van der Waals surface area contributed by atoms with Crippen LogP contribution in [0, 0.1) is 0 Å². The summed E-state index contributed by atoms with van der Waals surface area (Å²) in [5, 5.41) is 3.10. The van der Waals surface area contributed by atoms with Crippen LogP contribution in [0.2, 0.25) is 0 Å². The Morgan fingerprint density at radius 1 is 1.00 bits per heavy atom. The van der Waals surface area contributed by atoms with E-state index in [4.69, 9.17) is 9.72 Å². The van der Waals surface area contributed by atoms with Gasteiger partial charge in [0.25, 0.3) is 0 Å². The number of piperazine rings is 1. The van der Waals surface area contributed by atoms with E-state index in [0.717, 1.165) is 69.2 Å². The number of para-hydroxylation sites is 2. The Morgan fingerprint density at radius 3 is 2.48 bits per heavy atom. The summed E-state index contributed by atoms with van der Waals surface area (Å²) in [4.78, 5) is 22.7. The van der Waals surface area contributed by atoms with Crippen molar-refractivity contribution in [3.05, 3.63) is 60.2 Å². The molecule has 1 N–H and O–H groups in total. The van der Waals surface area contributed by atoms with Gasteiger partial charge in [0.1, 0.15) is 0 Å². The highest BCUT2D eigenvalue weighted by molar-refractivity contribution is 5.93. The van der Waals surface area contributed by atoms with E-state index in [2.05, 4.69) is 39.4 Å². The number of aryl methyl sites for hydroxylation is 1. The van der Waals surface area contributed by atoms with E-state index < -0.39 is 0 Å². The normalized spacial score (nSPS) is 17.6. The number of imidazole rings is 1. The Morgan fingerprint density at radius 2 is 1.74 bits per heavy atom. The van der Waals surface area contributed by atoms with E-state index in [1.165, 1.54) is 5.56 Å². The molecule has 5 rings (SSSR count). The number of fused-ring (bicyclic) bond motifs is 1. The van der Waals surface area contributed by atoms with Crippen LogP contribution < -0.4 is 10.2 Å². The number of carbonyl (C=O) groups excluding carboxylic acids is 1. The summed E-state index contributed by atoms with van der Waals surface area (Å²) in [6, 6.07) is 18.7. The average molecular weight is 420 g/mol. The van der Waals surface area contributed by atoms with Crippen LogP contribution in [-0.2, 0) is 11.2 Å². The lowest BCUT2D eigenvalue weighted by atomic mass is 10.1. The van der Waals surface area contributed by atoms with E-state index in [1.807, 2.05) is 30.3 Å². The molecule has 2 aromatic carbocycles. The van der Waals surface area contributed by atoms with Gasteiger partial charge in [0.2, 0.25) is 5.95 Å². The number of hydrogen-bond acceptors (Lipinski definition) is 5. The van der Waals surface area contributed by atoms with Crippen LogP contribution in [0.1, 0.15) is 12.0 Å². The van der Waals surface area contributed by atoms with Crippen molar-refractivity contribution in [2.75, 3.05) is 50.8 Å². The van der Waals surface area contributed by atoms with Crippen LogP contribution in [0.15, 0.2) is 54.6 Å². The Kier molecular flexibility index (Phi) is 5.86. The molecule has 2 saturated heterocycles. The molecular weight excluding hydrogens is 390 g/mol. The zero-order valence-electron chi connectivity index (χ0n) is 17.7. The number of benzene rings is 2. The fourth-order valence-electron chi connectivity index (χ4n) is 4.36. The van der Waals surface area contributed by atoms with Gasteiger partial charge >= 0.3 is 6.03 Å². The van der Waals surface area contributed by atoms with Crippen LogP contribution in [0.3, 0.4) is 0 Å². The number of hydrogen-bond donors (Lipinski definition) is 1. The molecule has 0 spiro atoms. The first-order valence-electron chi connectivity index (χ1n) is 11.2. The lowest BCUT2D eigenvalue weighted by Crippen LogP contribution is -2.57. The number of nitrogens with one attached hydrogen (secondary N) is 1. The standard InChI is InChI=1S/C24H29N5O2/c30-24(25-12-6-9-19-7-2-1-3-8-19)29-22-11-5-4-10-21(22)26-23(29)28-15-13-27(14-16-28)20-17-31-18-20/h1-5,7-8,10-11,20H,6,9,12-18H2,(H,25,30). The van der Waals surface area contributed by atoms with Crippen LogP contribution >= 0.6 is 0 Å². The fourth-order valence-corrected chi connectivity index (χ4v) is 4.36. The Hall–Kier alpha value is -2.90. The summed E-state index contributed by atoms with van der Waals surface area (Å²) in [7, 11) is 0. The van der Waals surface area contributed by atoms with Gasteiger partial charge in [-0.3, -0.25) is 4.90 Å². The third kappa shape index (κ3) is 4.29. The molecule has 0 atom stereocenters. The van der Waals surface area contributed by atoms with Crippen molar-refractivity contribution >= 4 is 23.0 Å². The van der Waals surface area contributed by atoms with Crippen LogP contribution in [0.25, 0.3) is 11.0 Å². The Bertz CT molecular complexity index is 1020. The number of amides is 1. The molecule has 162 valence electrons. The number of ether oxygens (including phenoxy) is 1. The topological polar surface area (TPSA) is 62.6 Å². The third-order valence-electron chi connectivity index (χ3n) is 6.24. The van der Waals surface area contributed by atoms with Gasteiger partial charge < -0.3 is 15.0 Å². The quantitative estimate of drug-likeness (QED) is 0.623. The molecule has 7 heteroatoms. The summed E-state index contributed by atoms with van der Waals surface area (Å²) < 4.78 is 7.09. The van der Waals surface area contributed by atoms with Gasteiger partial charge in [-0.15, -0.1) is 0 Å². The van der Waals surface area contributed by atoms with E-state index in [9.17, 15) is 4.79 Å². The van der Waals surface area contributed by atoms with Gasteiger partial charge in [0.15, 0.2) is 0 Å². The van der Waals surface area contributed by atoms with E-state index >= 15 is 0 Å². The van der Waals surface area contributed by atoms with Gasteiger partial charge in [0.05, 0.1) is 30.3 Å². The molecule has 2 aliphatic rings. The van der Waals surface area contributed by atoms with E-state index in [0.29, 0.717) is 12.6 Å². The van der Waals surface area contributed by atoms with Crippen molar-refractivity contribution in [2.45, 2.75) is 18.9 Å². The summed E-state index contributed by atoms with van der Waals surface area (Å²) in [6.07, 6.45) is 1.85. The third-order valence-corrected chi connectivity index (χ3v) is 6.24. The first-order valence-corrected chi connectivity index (χ1v) is 11.2. The largest absolute Gasteiger partial charge is 0.378 e. The number of nitrogens with zero attached hydrogens (tertiary/aromatic N) is 4. The second-order valence-electron chi connectivity index (χ2n) is 8.27. The highest BCUT2D eigenvalue weighted by atomic mass is 16.5. The monoisotopic (exact) mass is 419 g/mol. The maximum atomic E-state index is 13.2. The highest BCUT2D eigenvalue weighted by Gasteiger charge is 2.31. The summed E-state index contributed by atoms with van der Waals surface area (Å²) in [5.41, 5.74) is 3.00. The minimum absolute atomic E-state index is 0.105. The number of aromatic nitrogens is 2. The lowest BCUT2D eigenvalue weighted by molar-refractivity contribution is -0.0661. The van der Waals surface area contributed by atoms with Gasteiger partial charge in [-0.25, -0.2) is 14.3 Å². The second kappa shape index (κ2) is 9.08. The maximum absolute atomic E-state index is 13.2. The minimum Gasteiger partial charge on any atom is -0.378 e. The van der Waals surface area contributed by atoms with Gasteiger partial charge in [-0.05, 0) is 30.5 Å². The average Bonchev–Trinajstić information content (AvgIpc) is 3.16. The highest BCUT2D eigenvalue weighted by Crippen LogP contribution is 2.24. The molecule has 2 fully saturated rings. The predicted molar refractivity (Wildman–Crippen MR) is 122 cm³/mol. The molecule has 0 unspecified atom stereocenters. The second-order valence-corrected chi connectivity index (χ2v) is 8.27. The number of carbonyl (C=O) groups is 1. The molecule has 0 radical (unpaired) electrons. The molecule has 1 aromatic heterocycles. The molecule has 7 nitrogen and oxygen atoms in total. The molecule has 31 heavy (non-hydrogen) atoms. The molecule has 0 aliphatic carbocycles. The zero-order chi connectivity index (χ0) is 21.0. The predicted octanol–water partition coefficient (Wildman–Crippen LogP) is 2.75. The van der Waals surface area contributed by atoms with Crippen LogP contribution in [-0.4, -0.2) is 72.5 Å². The van der Waals surface area contributed by atoms with Crippen molar-refractivity contribution in [3.8, 4) is 0 Å². The van der Waals surface area contributed by atoms with Gasteiger partial charge in [-0.1, -0.05) is 42.5 Å². The number of anilines is 1. The van der Waals surface area contributed by atoms with E-state index in [1.54, 1.807) is 4.57 Å². The molecule has 3 heterocycles. The minimum atomic E-state index is -0.105. The summed E-state index contributed by atoms with van der Waals surface area (Å²) in [5.74, 6) is 0.742. The van der Waals surface area contributed by atoms with Crippen LogP contribution in [0.4, 0.5) is 10.7 Å². The summed E-state index contributed by atoms with van der Waals surface area (Å²) >= 11 is 0. The summed E-state index contributed by atoms with van der Waals surface area (Å²) in [6.45, 7) is 5.97. The zero-order valence-corrected chi connectivity index (χ0v) is 17.7. The SMILES string of the molecule is O=C(NCCCc1ccccc1)n1c(N2CCN(C3COC3)CC2)nc2ccccc21. The van der Waals surface area contributed by atoms with E-state index in [-0.39, 0.29) is 6.03 Å². The van der Waals surface area contributed by atoms with Crippen molar-refractivity contribution in [1.29, 1.82) is 0 Å². The number of rotatable bonds is 6. The molecule has 3 aromatic rings. The Balaban J connectivity index is 1.27. The van der Waals surface area contributed by atoms with Gasteiger partial charge in [-0.2, -0.15) is 0 Å². The van der Waals surface area contributed by atoms with Crippen LogP contribution in [0.5, 0.6) is 0 Å². The van der Waals surface area contributed by atoms with Crippen molar-refractivity contribution < 1.29 is 9.53 Å². The molecule has 2 aliphatic heterocycles. The van der Waals surface area contributed by atoms with Gasteiger partial charge in [0, 0.05) is 32.7 Å². The maximum Gasteiger partial charge on any atom is 0.328 e. The van der Waals surface area contributed by atoms with Crippen molar-refractivity contribution in [2.24, 2.45) is 0 Å². The Labute approximate surface area is 182 Å². The molecule has 1 amide bonds. The first-order chi connectivity index (χ1) is 15.3. The fraction of sp³-hybridized carbons (Fsp3) is 0.417. The molecule has 0 saturated carbocycles. The van der Waals surface area contributed by atoms with Crippen molar-refractivity contribution in [1.82, 2.24) is 19.8 Å². The lowest BCUT2D eigenvalue weighted by Gasteiger charge is -2.42. The first kappa shape index (κ1) is 20.0. The molecule has 0 bridgehead atoms. The molecular formula is C24H29N5O2. The smallest absolute Gasteiger partial charge is 0.328 e. The van der Waals surface area contributed by atoms with Crippen molar-refractivity contribution in [3.63, 3.8) is 0 Å².